The SMILES string of the molecule is CCCCCCCCCCCCCCCCCCCC1N(CCCCCC)C=CN1CCCCCCCCCCCCCCCC. The normalized spacial score (nSPS) is 14.7. The molecule has 46 heavy (non-hydrogen) atoms. The van der Waals surface area contributed by atoms with Gasteiger partial charge in [-0.3, -0.25) is 0 Å². The molecule has 1 unspecified atom stereocenters. The highest BCUT2D eigenvalue weighted by molar-refractivity contribution is 4.97. The van der Waals surface area contributed by atoms with Crippen LogP contribution < -0.4 is 0 Å². The molecule has 0 amide bonds. The second-order valence-electron chi connectivity index (χ2n) is 15.4. The van der Waals surface area contributed by atoms with E-state index in [1.54, 1.807) is 0 Å². The van der Waals surface area contributed by atoms with Gasteiger partial charge in [0, 0.05) is 25.5 Å². The van der Waals surface area contributed by atoms with Gasteiger partial charge in [-0.05, 0) is 25.7 Å². The third-order valence-electron chi connectivity index (χ3n) is 10.8. The summed E-state index contributed by atoms with van der Waals surface area (Å²) in [6.45, 7) is 9.48. The summed E-state index contributed by atoms with van der Waals surface area (Å²) in [4.78, 5) is 5.42. The Balaban J connectivity index is 2.07. The molecule has 0 aromatic carbocycles. The van der Waals surface area contributed by atoms with Gasteiger partial charge in [0.25, 0.3) is 0 Å². The van der Waals surface area contributed by atoms with E-state index >= 15 is 0 Å². The minimum Gasteiger partial charge on any atom is -0.356 e. The molecule has 1 rings (SSSR count). The van der Waals surface area contributed by atoms with E-state index in [4.69, 9.17) is 0 Å². The van der Waals surface area contributed by atoms with Gasteiger partial charge in [0.1, 0.15) is 6.17 Å². The Morgan fingerprint density at radius 3 is 0.783 bits per heavy atom. The minimum absolute atomic E-state index is 0.639. The van der Waals surface area contributed by atoms with E-state index in [1.165, 1.54) is 244 Å². The monoisotopic (exact) mass is 645 g/mol. The predicted molar refractivity (Wildman–Crippen MR) is 210 cm³/mol. The lowest BCUT2D eigenvalue weighted by atomic mass is 10.0. The van der Waals surface area contributed by atoms with Crippen LogP contribution in [0, 0.1) is 0 Å². The molecule has 1 atom stereocenters. The topological polar surface area (TPSA) is 6.48 Å². The fourth-order valence-electron chi connectivity index (χ4n) is 7.60. The van der Waals surface area contributed by atoms with Gasteiger partial charge in [-0.15, -0.1) is 0 Å². The number of rotatable bonds is 38. The highest BCUT2D eigenvalue weighted by Crippen LogP contribution is 2.24. The van der Waals surface area contributed by atoms with Crippen LogP contribution in [0.1, 0.15) is 252 Å². The first-order chi connectivity index (χ1) is 22.8. The van der Waals surface area contributed by atoms with Gasteiger partial charge in [0.2, 0.25) is 0 Å². The highest BCUT2D eigenvalue weighted by atomic mass is 15.4. The van der Waals surface area contributed by atoms with Crippen LogP contribution >= 0.6 is 0 Å². The van der Waals surface area contributed by atoms with Crippen molar-refractivity contribution in [1.82, 2.24) is 9.80 Å². The van der Waals surface area contributed by atoms with Crippen LogP contribution in [0.25, 0.3) is 0 Å². The molecular weight excluding hydrogens is 556 g/mol. The van der Waals surface area contributed by atoms with Crippen molar-refractivity contribution >= 4 is 0 Å². The smallest absolute Gasteiger partial charge is 0.101 e. The van der Waals surface area contributed by atoms with Gasteiger partial charge in [-0.2, -0.15) is 0 Å². The predicted octanol–water partition coefficient (Wildman–Crippen LogP) is 15.5. The van der Waals surface area contributed by atoms with E-state index in [-0.39, 0.29) is 0 Å². The summed E-state index contributed by atoms with van der Waals surface area (Å²) in [5.74, 6) is 0. The number of hydrogen-bond donors (Lipinski definition) is 0. The maximum atomic E-state index is 2.72. The molecule has 2 nitrogen and oxygen atoms in total. The molecule has 1 aliphatic rings. The summed E-state index contributed by atoms with van der Waals surface area (Å²) < 4.78 is 0. The Morgan fingerprint density at radius 1 is 0.283 bits per heavy atom. The maximum absolute atomic E-state index is 2.72. The quantitative estimate of drug-likeness (QED) is 0.0617. The van der Waals surface area contributed by atoms with E-state index in [1.807, 2.05) is 0 Å². The van der Waals surface area contributed by atoms with Gasteiger partial charge < -0.3 is 9.80 Å². The van der Waals surface area contributed by atoms with Crippen molar-refractivity contribution in [1.29, 1.82) is 0 Å². The van der Waals surface area contributed by atoms with Crippen molar-refractivity contribution in [2.75, 3.05) is 13.1 Å². The van der Waals surface area contributed by atoms with E-state index in [0.29, 0.717) is 6.17 Å². The van der Waals surface area contributed by atoms with E-state index < -0.39 is 0 Å². The van der Waals surface area contributed by atoms with Gasteiger partial charge in [0.05, 0.1) is 0 Å². The molecule has 0 spiro atoms. The Morgan fingerprint density at radius 2 is 0.500 bits per heavy atom. The van der Waals surface area contributed by atoms with Crippen molar-refractivity contribution in [3.05, 3.63) is 12.4 Å². The average Bonchev–Trinajstić information content (AvgIpc) is 3.45. The zero-order valence-corrected chi connectivity index (χ0v) is 32.5. The lowest BCUT2D eigenvalue weighted by Gasteiger charge is -2.33. The van der Waals surface area contributed by atoms with E-state index in [0.717, 1.165) is 0 Å². The molecule has 0 aliphatic carbocycles. The molecule has 0 radical (unpaired) electrons. The van der Waals surface area contributed by atoms with Crippen molar-refractivity contribution in [3.8, 4) is 0 Å². The molecule has 0 aromatic rings. The molecule has 0 fully saturated rings. The second kappa shape index (κ2) is 35.6. The first-order valence-electron chi connectivity index (χ1n) is 22.0. The van der Waals surface area contributed by atoms with Gasteiger partial charge in [-0.1, -0.05) is 226 Å². The van der Waals surface area contributed by atoms with Crippen LogP contribution in [0.15, 0.2) is 12.4 Å². The Kier molecular flexibility index (Phi) is 33.6. The fraction of sp³-hybridized carbons (Fsp3) is 0.955. The molecule has 0 bridgehead atoms. The summed E-state index contributed by atoms with van der Waals surface area (Å²) in [7, 11) is 0. The summed E-state index contributed by atoms with van der Waals surface area (Å²) in [6.07, 6.45) is 57.4. The summed E-state index contributed by atoms with van der Waals surface area (Å²) in [5.41, 5.74) is 0. The molecule has 0 aromatic heterocycles. The Labute approximate surface area is 292 Å². The Bertz CT molecular complexity index is 601. The van der Waals surface area contributed by atoms with Crippen molar-refractivity contribution in [3.63, 3.8) is 0 Å². The second-order valence-corrected chi connectivity index (χ2v) is 15.4. The van der Waals surface area contributed by atoms with Crippen LogP contribution in [0.3, 0.4) is 0 Å². The van der Waals surface area contributed by atoms with Gasteiger partial charge >= 0.3 is 0 Å². The van der Waals surface area contributed by atoms with Crippen LogP contribution in [0.5, 0.6) is 0 Å². The van der Waals surface area contributed by atoms with Gasteiger partial charge in [0.15, 0.2) is 0 Å². The average molecular weight is 645 g/mol. The molecular formula is C44H88N2. The Hall–Kier alpha value is -0.660. The highest BCUT2D eigenvalue weighted by Gasteiger charge is 2.24. The number of hydrogen-bond acceptors (Lipinski definition) is 2. The zero-order valence-electron chi connectivity index (χ0n) is 32.5. The molecule has 0 saturated carbocycles. The standard InChI is InChI=1S/C44H88N2/c1-4-7-10-13-15-17-19-21-23-24-25-26-28-30-32-34-36-39-44-45(40-37-12-9-6-3)42-43-46(44)41-38-35-33-31-29-27-22-20-18-16-14-11-8-5-2/h42-44H,4-41H2,1-3H3. The van der Waals surface area contributed by atoms with Crippen LogP contribution in [0.2, 0.25) is 0 Å². The van der Waals surface area contributed by atoms with Crippen LogP contribution in [0.4, 0.5) is 0 Å². The van der Waals surface area contributed by atoms with Crippen molar-refractivity contribution in [2.24, 2.45) is 0 Å². The lowest BCUT2D eigenvalue weighted by molar-refractivity contribution is 0.135. The lowest BCUT2D eigenvalue weighted by Crippen LogP contribution is -2.39. The van der Waals surface area contributed by atoms with E-state index in [2.05, 4.69) is 43.0 Å². The summed E-state index contributed by atoms with van der Waals surface area (Å²) >= 11 is 0. The first-order valence-corrected chi connectivity index (χ1v) is 22.0. The maximum Gasteiger partial charge on any atom is 0.101 e. The largest absolute Gasteiger partial charge is 0.356 e. The molecule has 0 N–H and O–H groups in total. The van der Waals surface area contributed by atoms with Crippen molar-refractivity contribution < 1.29 is 0 Å². The van der Waals surface area contributed by atoms with Gasteiger partial charge in [-0.25, -0.2) is 0 Å². The molecule has 0 saturated heterocycles. The minimum atomic E-state index is 0.639. The van der Waals surface area contributed by atoms with Crippen molar-refractivity contribution in [2.45, 2.75) is 258 Å². The zero-order chi connectivity index (χ0) is 33.0. The van der Waals surface area contributed by atoms with E-state index in [9.17, 15) is 0 Å². The number of unbranched alkanes of at least 4 members (excludes halogenated alkanes) is 32. The molecule has 1 aliphatic heterocycles. The van der Waals surface area contributed by atoms with Crippen LogP contribution in [-0.2, 0) is 0 Å². The van der Waals surface area contributed by atoms with Crippen LogP contribution in [-0.4, -0.2) is 29.1 Å². The third-order valence-corrected chi connectivity index (χ3v) is 10.8. The fourth-order valence-corrected chi connectivity index (χ4v) is 7.60. The first kappa shape index (κ1) is 43.4. The third kappa shape index (κ3) is 27.3. The molecule has 274 valence electrons. The number of nitrogens with zero attached hydrogens (tertiary/aromatic N) is 2. The summed E-state index contributed by atoms with van der Waals surface area (Å²) in [5, 5.41) is 0. The molecule has 1 heterocycles. The summed E-state index contributed by atoms with van der Waals surface area (Å²) in [6, 6.07) is 0. The molecule has 2 heteroatoms.